The first-order chi connectivity index (χ1) is 12.6. The van der Waals surface area contributed by atoms with E-state index in [9.17, 15) is 10.1 Å². The SMILES string of the molecule is C#CCC(c1cc2c(cc1Br)OCO2)c1c[nH]c2ccc([N+](=O)[O-])cc12. The van der Waals surface area contributed by atoms with Gasteiger partial charge in [0.05, 0.1) is 4.92 Å². The van der Waals surface area contributed by atoms with E-state index in [4.69, 9.17) is 15.9 Å². The van der Waals surface area contributed by atoms with Crippen molar-refractivity contribution in [3.05, 3.63) is 62.2 Å². The number of hydrogen-bond acceptors (Lipinski definition) is 4. The first-order valence-corrected chi connectivity index (χ1v) is 8.65. The molecule has 0 radical (unpaired) electrons. The Labute approximate surface area is 157 Å². The molecule has 4 rings (SSSR count). The average molecular weight is 413 g/mol. The van der Waals surface area contributed by atoms with Crippen LogP contribution in [0.1, 0.15) is 23.5 Å². The molecule has 1 aromatic heterocycles. The van der Waals surface area contributed by atoms with Crippen LogP contribution in [0.4, 0.5) is 5.69 Å². The molecule has 130 valence electrons. The van der Waals surface area contributed by atoms with Crippen molar-refractivity contribution in [2.45, 2.75) is 12.3 Å². The Hall–Kier alpha value is -2.98. The van der Waals surface area contributed by atoms with Crippen molar-refractivity contribution in [2.24, 2.45) is 0 Å². The number of rotatable bonds is 4. The minimum absolute atomic E-state index is 0.0440. The van der Waals surface area contributed by atoms with Crippen molar-refractivity contribution in [2.75, 3.05) is 6.79 Å². The third kappa shape index (κ3) is 2.68. The van der Waals surface area contributed by atoms with Gasteiger partial charge in [0.1, 0.15) is 0 Å². The number of terminal acetylenes is 1. The van der Waals surface area contributed by atoms with Crippen LogP contribution in [0.5, 0.6) is 11.5 Å². The fourth-order valence-electron chi connectivity index (χ4n) is 3.24. The molecule has 2 aromatic carbocycles. The zero-order valence-electron chi connectivity index (χ0n) is 13.5. The molecule has 26 heavy (non-hydrogen) atoms. The van der Waals surface area contributed by atoms with Gasteiger partial charge in [0.15, 0.2) is 11.5 Å². The van der Waals surface area contributed by atoms with Crippen LogP contribution in [0.3, 0.4) is 0 Å². The van der Waals surface area contributed by atoms with Gasteiger partial charge in [0.2, 0.25) is 6.79 Å². The van der Waals surface area contributed by atoms with E-state index in [2.05, 4.69) is 26.8 Å². The van der Waals surface area contributed by atoms with Gasteiger partial charge in [-0.25, -0.2) is 0 Å². The molecule has 1 N–H and O–H groups in total. The highest BCUT2D eigenvalue weighted by molar-refractivity contribution is 9.10. The summed E-state index contributed by atoms with van der Waals surface area (Å²) in [5, 5.41) is 11.9. The Balaban J connectivity index is 1.88. The van der Waals surface area contributed by atoms with Gasteiger partial charge in [-0.05, 0) is 29.3 Å². The van der Waals surface area contributed by atoms with Crippen LogP contribution in [-0.2, 0) is 0 Å². The number of nitro benzene ring substituents is 1. The third-order valence-electron chi connectivity index (χ3n) is 4.47. The van der Waals surface area contributed by atoms with Gasteiger partial charge < -0.3 is 14.5 Å². The van der Waals surface area contributed by atoms with Crippen LogP contribution in [0.15, 0.2) is 41.0 Å². The van der Waals surface area contributed by atoms with Crippen LogP contribution in [0.25, 0.3) is 10.9 Å². The number of fused-ring (bicyclic) bond motifs is 2. The van der Waals surface area contributed by atoms with E-state index in [1.54, 1.807) is 12.1 Å². The first kappa shape index (κ1) is 16.5. The van der Waals surface area contributed by atoms with Crippen molar-refractivity contribution >= 4 is 32.5 Å². The zero-order valence-corrected chi connectivity index (χ0v) is 15.1. The maximum absolute atomic E-state index is 11.2. The van der Waals surface area contributed by atoms with Crippen LogP contribution >= 0.6 is 15.9 Å². The molecule has 3 aromatic rings. The Bertz CT molecular complexity index is 1070. The Morgan fingerprint density at radius 1 is 1.27 bits per heavy atom. The molecule has 0 bridgehead atoms. The van der Waals surface area contributed by atoms with Gasteiger partial charge in [-0.2, -0.15) is 0 Å². The summed E-state index contributed by atoms with van der Waals surface area (Å²) in [5.41, 5.74) is 2.72. The van der Waals surface area contributed by atoms with E-state index in [1.165, 1.54) is 6.07 Å². The first-order valence-electron chi connectivity index (χ1n) is 7.86. The van der Waals surface area contributed by atoms with E-state index >= 15 is 0 Å². The molecule has 1 aliphatic rings. The summed E-state index contributed by atoms with van der Waals surface area (Å²) in [6, 6.07) is 8.53. The Kier molecular flexibility index (Phi) is 4.05. The molecule has 6 nitrogen and oxygen atoms in total. The van der Waals surface area contributed by atoms with Gasteiger partial charge in [-0.15, -0.1) is 12.3 Å². The van der Waals surface area contributed by atoms with E-state index in [0.717, 1.165) is 26.5 Å². The zero-order chi connectivity index (χ0) is 18.3. The maximum Gasteiger partial charge on any atom is 0.270 e. The van der Waals surface area contributed by atoms with Crippen LogP contribution in [0.2, 0.25) is 0 Å². The molecule has 0 saturated heterocycles. The molecule has 0 amide bonds. The summed E-state index contributed by atoms with van der Waals surface area (Å²) < 4.78 is 11.7. The summed E-state index contributed by atoms with van der Waals surface area (Å²) in [4.78, 5) is 13.9. The molecule has 0 fully saturated rings. The minimum Gasteiger partial charge on any atom is -0.454 e. The lowest BCUT2D eigenvalue weighted by Gasteiger charge is -2.17. The van der Waals surface area contributed by atoms with Crippen molar-refractivity contribution in [1.29, 1.82) is 0 Å². The highest BCUT2D eigenvalue weighted by atomic mass is 79.9. The van der Waals surface area contributed by atoms with Gasteiger partial charge in [0, 0.05) is 46.0 Å². The molecule has 0 spiro atoms. The van der Waals surface area contributed by atoms with Crippen LogP contribution in [0, 0.1) is 22.5 Å². The van der Waals surface area contributed by atoms with Gasteiger partial charge >= 0.3 is 0 Å². The Morgan fingerprint density at radius 2 is 2.04 bits per heavy atom. The number of aromatic amines is 1. The van der Waals surface area contributed by atoms with Gasteiger partial charge in [0.25, 0.3) is 5.69 Å². The van der Waals surface area contributed by atoms with Gasteiger partial charge in [-0.3, -0.25) is 10.1 Å². The second kappa shape index (κ2) is 6.39. The summed E-state index contributed by atoms with van der Waals surface area (Å²) in [6.45, 7) is 0.185. The summed E-state index contributed by atoms with van der Waals surface area (Å²) in [7, 11) is 0. The van der Waals surface area contributed by atoms with E-state index in [0.29, 0.717) is 17.9 Å². The normalized spacial score (nSPS) is 13.5. The van der Waals surface area contributed by atoms with Crippen molar-refractivity contribution in [3.63, 3.8) is 0 Å². The average Bonchev–Trinajstić information content (AvgIpc) is 3.24. The standard InChI is InChI=1S/C19H13BrN2O4/c1-2-3-12(13-7-18-19(8-16(13)20)26-10-25-18)15-9-21-17-5-4-11(22(23)24)6-14(15)17/h1,4-9,12,21H,3,10H2. The number of non-ortho nitro benzene ring substituents is 1. The number of H-pyrrole nitrogens is 1. The molecule has 0 aliphatic carbocycles. The van der Waals surface area contributed by atoms with E-state index in [1.807, 2.05) is 18.3 Å². The quantitative estimate of drug-likeness (QED) is 0.381. The van der Waals surface area contributed by atoms with Crippen LogP contribution in [-0.4, -0.2) is 16.7 Å². The topological polar surface area (TPSA) is 77.4 Å². The minimum atomic E-state index is -0.400. The number of nitro groups is 1. The van der Waals surface area contributed by atoms with Crippen molar-refractivity contribution < 1.29 is 14.4 Å². The summed E-state index contributed by atoms with van der Waals surface area (Å²) in [5.74, 6) is 3.90. The number of nitrogens with zero attached hydrogens (tertiary/aromatic N) is 1. The Morgan fingerprint density at radius 3 is 2.77 bits per heavy atom. The fraction of sp³-hybridized carbons (Fsp3) is 0.158. The highest BCUT2D eigenvalue weighted by Gasteiger charge is 2.24. The second-order valence-electron chi connectivity index (χ2n) is 5.92. The number of ether oxygens (including phenoxy) is 2. The molecule has 2 heterocycles. The smallest absolute Gasteiger partial charge is 0.270 e. The number of halogens is 1. The predicted octanol–water partition coefficient (Wildman–Crippen LogP) is 4.72. The second-order valence-corrected chi connectivity index (χ2v) is 6.77. The predicted molar refractivity (Wildman–Crippen MR) is 101 cm³/mol. The van der Waals surface area contributed by atoms with E-state index in [-0.39, 0.29) is 18.4 Å². The highest BCUT2D eigenvalue weighted by Crippen LogP contribution is 2.43. The number of hydrogen-bond donors (Lipinski definition) is 1. The lowest BCUT2D eigenvalue weighted by Crippen LogP contribution is -2.01. The van der Waals surface area contributed by atoms with Crippen molar-refractivity contribution in [1.82, 2.24) is 4.98 Å². The number of aromatic nitrogens is 1. The van der Waals surface area contributed by atoms with Crippen LogP contribution < -0.4 is 9.47 Å². The molecule has 1 unspecified atom stereocenters. The lowest BCUT2D eigenvalue weighted by molar-refractivity contribution is -0.384. The van der Waals surface area contributed by atoms with E-state index < -0.39 is 4.92 Å². The molecule has 7 heteroatoms. The third-order valence-corrected chi connectivity index (χ3v) is 5.16. The largest absolute Gasteiger partial charge is 0.454 e. The maximum atomic E-state index is 11.2. The van der Waals surface area contributed by atoms with Gasteiger partial charge in [-0.1, -0.05) is 15.9 Å². The molecular weight excluding hydrogens is 400 g/mol. The lowest BCUT2D eigenvalue weighted by atomic mass is 9.88. The fourth-order valence-corrected chi connectivity index (χ4v) is 3.84. The van der Waals surface area contributed by atoms with Crippen molar-refractivity contribution in [3.8, 4) is 23.8 Å². The number of benzene rings is 2. The summed E-state index contributed by atoms with van der Waals surface area (Å²) in [6.07, 6.45) is 7.91. The molecule has 0 saturated carbocycles. The molecular formula is C19H13BrN2O4. The molecule has 1 aliphatic heterocycles. The monoisotopic (exact) mass is 412 g/mol. The summed E-state index contributed by atoms with van der Waals surface area (Å²) >= 11 is 3.59. The molecule has 1 atom stereocenters. The number of nitrogens with one attached hydrogen (secondary N) is 1.